The second-order valence-corrected chi connectivity index (χ2v) is 6.56. The Morgan fingerprint density at radius 2 is 1.43 bits per heavy atom. The lowest BCUT2D eigenvalue weighted by Crippen LogP contribution is -2.40. The zero-order chi connectivity index (χ0) is 21.2. The normalized spacial score (nSPS) is 10.2. The molecule has 3 aromatic rings. The van der Waals surface area contributed by atoms with E-state index in [0.29, 0.717) is 36.6 Å². The minimum absolute atomic E-state index is 0.0509. The van der Waals surface area contributed by atoms with Crippen molar-refractivity contribution in [1.29, 1.82) is 0 Å². The van der Waals surface area contributed by atoms with Gasteiger partial charge in [0.25, 0.3) is 0 Å². The third kappa shape index (κ3) is 6.10. The lowest BCUT2D eigenvalue weighted by molar-refractivity contribution is -0.120. The number of urea groups is 1. The van der Waals surface area contributed by atoms with Crippen molar-refractivity contribution in [3.05, 3.63) is 84.9 Å². The Hall–Kier alpha value is -3.80. The SMILES string of the molecule is CCC(=O)NCCN(C(=O)Nc1ccccc1)c1ccc(Oc2ccccc2)cc1. The predicted molar refractivity (Wildman–Crippen MR) is 119 cm³/mol. The fourth-order valence-electron chi connectivity index (χ4n) is 2.81. The highest BCUT2D eigenvalue weighted by atomic mass is 16.5. The van der Waals surface area contributed by atoms with Crippen LogP contribution >= 0.6 is 0 Å². The molecule has 0 fully saturated rings. The summed E-state index contributed by atoms with van der Waals surface area (Å²) in [6.45, 7) is 2.49. The van der Waals surface area contributed by atoms with E-state index in [4.69, 9.17) is 4.74 Å². The molecule has 6 heteroatoms. The quantitative estimate of drug-likeness (QED) is 0.553. The second-order valence-electron chi connectivity index (χ2n) is 6.56. The predicted octanol–water partition coefficient (Wildman–Crippen LogP) is 5.04. The molecule has 3 aromatic carbocycles. The van der Waals surface area contributed by atoms with Gasteiger partial charge < -0.3 is 15.4 Å². The van der Waals surface area contributed by atoms with E-state index >= 15 is 0 Å². The molecule has 0 heterocycles. The molecule has 0 aliphatic carbocycles. The highest BCUT2D eigenvalue weighted by Crippen LogP contribution is 2.24. The van der Waals surface area contributed by atoms with Gasteiger partial charge in [-0.15, -0.1) is 0 Å². The molecule has 6 nitrogen and oxygen atoms in total. The van der Waals surface area contributed by atoms with Crippen molar-refractivity contribution >= 4 is 23.3 Å². The molecule has 0 saturated heterocycles. The van der Waals surface area contributed by atoms with Crippen LogP contribution < -0.4 is 20.3 Å². The Labute approximate surface area is 176 Å². The highest BCUT2D eigenvalue weighted by Gasteiger charge is 2.16. The molecule has 0 unspecified atom stereocenters. The van der Waals surface area contributed by atoms with Gasteiger partial charge in [-0.3, -0.25) is 9.69 Å². The van der Waals surface area contributed by atoms with Crippen molar-refractivity contribution < 1.29 is 14.3 Å². The molecule has 0 atom stereocenters. The number of anilines is 2. The summed E-state index contributed by atoms with van der Waals surface area (Å²) < 4.78 is 5.82. The zero-order valence-electron chi connectivity index (χ0n) is 16.9. The molecular weight excluding hydrogens is 378 g/mol. The number of hydrogen-bond acceptors (Lipinski definition) is 3. The fourth-order valence-corrected chi connectivity index (χ4v) is 2.81. The third-order valence-electron chi connectivity index (χ3n) is 4.38. The van der Waals surface area contributed by atoms with Gasteiger partial charge >= 0.3 is 6.03 Å². The van der Waals surface area contributed by atoms with E-state index < -0.39 is 0 Å². The van der Waals surface area contributed by atoms with Gasteiger partial charge in [0.2, 0.25) is 5.91 Å². The molecule has 3 amide bonds. The number of amides is 3. The monoisotopic (exact) mass is 403 g/mol. The first-order valence-electron chi connectivity index (χ1n) is 9.89. The van der Waals surface area contributed by atoms with Crippen LogP contribution in [0.3, 0.4) is 0 Å². The smallest absolute Gasteiger partial charge is 0.326 e. The van der Waals surface area contributed by atoms with Gasteiger partial charge in [0.15, 0.2) is 0 Å². The minimum atomic E-state index is -0.274. The van der Waals surface area contributed by atoms with Crippen molar-refractivity contribution in [2.24, 2.45) is 0 Å². The number of carbonyl (C=O) groups excluding carboxylic acids is 2. The highest BCUT2D eigenvalue weighted by molar-refractivity contribution is 6.01. The lowest BCUT2D eigenvalue weighted by Gasteiger charge is -2.24. The number of nitrogens with one attached hydrogen (secondary N) is 2. The number of hydrogen-bond donors (Lipinski definition) is 2. The molecule has 0 aliphatic rings. The van der Waals surface area contributed by atoms with Crippen molar-refractivity contribution in [2.45, 2.75) is 13.3 Å². The molecule has 0 radical (unpaired) electrons. The Morgan fingerprint density at radius 3 is 2.07 bits per heavy atom. The van der Waals surface area contributed by atoms with Crippen LogP contribution in [-0.4, -0.2) is 25.0 Å². The van der Waals surface area contributed by atoms with E-state index in [-0.39, 0.29) is 11.9 Å². The Morgan fingerprint density at radius 1 is 0.833 bits per heavy atom. The summed E-state index contributed by atoms with van der Waals surface area (Å²) in [6, 6.07) is 25.8. The summed E-state index contributed by atoms with van der Waals surface area (Å²) in [4.78, 5) is 26.1. The largest absolute Gasteiger partial charge is 0.457 e. The number of ether oxygens (including phenoxy) is 1. The summed E-state index contributed by atoms with van der Waals surface area (Å²) >= 11 is 0. The van der Waals surface area contributed by atoms with Gasteiger partial charge in [-0.1, -0.05) is 43.3 Å². The van der Waals surface area contributed by atoms with Crippen LogP contribution in [0.25, 0.3) is 0 Å². The Balaban J connectivity index is 1.72. The maximum atomic E-state index is 12.9. The first-order valence-corrected chi connectivity index (χ1v) is 9.89. The molecule has 0 aromatic heterocycles. The zero-order valence-corrected chi connectivity index (χ0v) is 16.9. The summed E-state index contributed by atoms with van der Waals surface area (Å²) in [6.07, 6.45) is 0.404. The molecule has 154 valence electrons. The molecular formula is C24H25N3O3. The van der Waals surface area contributed by atoms with Gasteiger partial charge in [-0.2, -0.15) is 0 Å². The average molecular weight is 403 g/mol. The summed E-state index contributed by atoms with van der Waals surface area (Å²) in [5.74, 6) is 1.36. The summed E-state index contributed by atoms with van der Waals surface area (Å²) in [5, 5.41) is 5.70. The second kappa shape index (κ2) is 10.7. The van der Waals surface area contributed by atoms with E-state index in [2.05, 4.69) is 10.6 Å². The van der Waals surface area contributed by atoms with E-state index in [1.165, 1.54) is 0 Å². The minimum Gasteiger partial charge on any atom is -0.457 e. The summed E-state index contributed by atoms with van der Waals surface area (Å²) in [7, 11) is 0. The van der Waals surface area contributed by atoms with Gasteiger partial charge in [0, 0.05) is 30.9 Å². The maximum Gasteiger partial charge on any atom is 0.326 e. The third-order valence-corrected chi connectivity index (χ3v) is 4.38. The number of nitrogens with zero attached hydrogens (tertiary/aromatic N) is 1. The van der Waals surface area contributed by atoms with Gasteiger partial charge in [0.05, 0.1) is 0 Å². The van der Waals surface area contributed by atoms with Crippen LogP contribution in [0.4, 0.5) is 16.2 Å². The fraction of sp³-hybridized carbons (Fsp3) is 0.167. The van der Waals surface area contributed by atoms with E-state index in [9.17, 15) is 9.59 Å². The van der Waals surface area contributed by atoms with E-state index in [1.807, 2.05) is 84.9 Å². The molecule has 3 rings (SSSR count). The molecule has 0 aliphatic heterocycles. The number of rotatable bonds is 8. The van der Waals surface area contributed by atoms with Crippen LogP contribution in [0.2, 0.25) is 0 Å². The van der Waals surface area contributed by atoms with Crippen LogP contribution in [0.1, 0.15) is 13.3 Å². The lowest BCUT2D eigenvalue weighted by atomic mass is 10.2. The van der Waals surface area contributed by atoms with Crippen LogP contribution in [0.15, 0.2) is 84.9 Å². The van der Waals surface area contributed by atoms with Crippen LogP contribution in [0, 0.1) is 0 Å². The van der Waals surface area contributed by atoms with Crippen molar-refractivity contribution in [3.8, 4) is 11.5 Å². The van der Waals surface area contributed by atoms with E-state index in [0.717, 1.165) is 5.75 Å². The molecule has 2 N–H and O–H groups in total. The van der Waals surface area contributed by atoms with E-state index in [1.54, 1.807) is 11.8 Å². The number of para-hydroxylation sites is 2. The van der Waals surface area contributed by atoms with Crippen molar-refractivity contribution in [2.75, 3.05) is 23.3 Å². The van der Waals surface area contributed by atoms with Crippen molar-refractivity contribution in [3.63, 3.8) is 0 Å². The summed E-state index contributed by atoms with van der Waals surface area (Å²) in [5.41, 5.74) is 1.41. The first-order chi connectivity index (χ1) is 14.7. The molecule has 0 saturated carbocycles. The average Bonchev–Trinajstić information content (AvgIpc) is 2.78. The van der Waals surface area contributed by atoms with Gasteiger partial charge in [-0.25, -0.2) is 4.79 Å². The van der Waals surface area contributed by atoms with Gasteiger partial charge in [0.1, 0.15) is 11.5 Å². The topological polar surface area (TPSA) is 70.7 Å². The van der Waals surface area contributed by atoms with Crippen LogP contribution in [0.5, 0.6) is 11.5 Å². The maximum absolute atomic E-state index is 12.9. The van der Waals surface area contributed by atoms with Crippen molar-refractivity contribution in [1.82, 2.24) is 5.32 Å². The molecule has 0 spiro atoms. The number of carbonyl (C=O) groups is 2. The standard InChI is InChI=1S/C24H25N3O3/c1-2-23(28)25-17-18-27(24(29)26-19-9-5-3-6-10-19)20-13-15-22(16-14-20)30-21-11-7-4-8-12-21/h3-16H,2,17-18H2,1H3,(H,25,28)(H,26,29). The number of benzene rings is 3. The Kier molecular flexibility index (Phi) is 7.44. The van der Waals surface area contributed by atoms with Gasteiger partial charge in [-0.05, 0) is 48.5 Å². The first kappa shape index (κ1) is 20.9. The molecule has 0 bridgehead atoms. The van der Waals surface area contributed by atoms with Crippen LogP contribution in [-0.2, 0) is 4.79 Å². The Bertz CT molecular complexity index is 944. The molecule has 30 heavy (non-hydrogen) atoms.